The van der Waals surface area contributed by atoms with Gasteiger partial charge in [0.05, 0.1) is 5.69 Å². The summed E-state index contributed by atoms with van der Waals surface area (Å²) in [5.74, 6) is 4.58. The molecule has 1 aliphatic heterocycles. The number of rotatable bonds is 6. The normalized spacial score (nSPS) is 23.9. The topological polar surface area (TPSA) is 60.0 Å². The van der Waals surface area contributed by atoms with Crippen molar-refractivity contribution in [3.8, 4) is 11.6 Å². The molecule has 2 fully saturated rings. The molecule has 0 unspecified atom stereocenters. The van der Waals surface area contributed by atoms with Crippen molar-refractivity contribution in [2.45, 2.75) is 24.9 Å². The largest absolute Gasteiger partial charge is 0.440 e. The maximum atomic E-state index is 5.40. The maximum absolute atomic E-state index is 5.40. The fourth-order valence-electron chi connectivity index (χ4n) is 3.28. The number of thioether (sulfide) groups is 1. The Balaban J connectivity index is 1.30. The Hall–Kier alpha value is -1.34. The summed E-state index contributed by atoms with van der Waals surface area (Å²) < 4.78 is 7.39. The lowest BCUT2D eigenvalue weighted by Crippen LogP contribution is -2.24. The summed E-state index contributed by atoms with van der Waals surface area (Å²) in [5, 5.41) is 9.45. The van der Waals surface area contributed by atoms with Crippen LogP contribution in [0.4, 0.5) is 0 Å². The molecule has 2 aromatic heterocycles. The molecule has 6 nitrogen and oxygen atoms in total. The summed E-state index contributed by atoms with van der Waals surface area (Å²) in [4.78, 5) is 6.72. The number of aryl methyl sites for hydroxylation is 1. The summed E-state index contributed by atoms with van der Waals surface area (Å²) in [6, 6.07) is 0. The summed E-state index contributed by atoms with van der Waals surface area (Å²) in [6.45, 7) is 5.79. The number of likely N-dealkylation sites (tertiary alicyclic amines) is 1. The molecule has 4 rings (SSSR count). The van der Waals surface area contributed by atoms with E-state index in [9.17, 15) is 0 Å². The fourth-order valence-corrected chi connectivity index (χ4v) is 4.12. The van der Waals surface area contributed by atoms with Gasteiger partial charge in [-0.1, -0.05) is 11.8 Å². The lowest BCUT2D eigenvalue weighted by molar-refractivity contribution is 0.306. The minimum Gasteiger partial charge on any atom is -0.440 e. The first-order valence-electron chi connectivity index (χ1n) is 7.87. The summed E-state index contributed by atoms with van der Waals surface area (Å²) in [7, 11) is 1.98. The first-order valence-corrected chi connectivity index (χ1v) is 8.86. The van der Waals surface area contributed by atoms with Gasteiger partial charge in [0.15, 0.2) is 17.3 Å². The standard InChI is InChI=1S/C15H21N5OS/c1-10-13(21-9-16-10)14-17-18-15(19(14)2)22-5-3-4-20-7-11-6-12(11)8-20/h9,11-12H,3-8H2,1-2H3/t11-,12+. The Kier molecular flexibility index (Phi) is 3.69. The first-order chi connectivity index (χ1) is 10.7. The van der Waals surface area contributed by atoms with Crippen molar-refractivity contribution in [1.82, 2.24) is 24.6 Å². The minimum absolute atomic E-state index is 0.707. The predicted molar refractivity (Wildman–Crippen MR) is 84.6 cm³/mol. The van der Waals surface area contributed by atoms with Gasteiger partial charge < -0.3 is 13.9 Å². The quantitative estimate of drug-likeness (QED) is 0.601. The van der Waals surface area contributed by atoms with Crippen LogP contribution in [0.2, 0.25) is 0 Å². The van der Waals surface area contributed by atoms with E-state index in [2.05, 4.69) is 20.1 Å². The molecule has 0 bridgehead atoms. The van der Waals surface area contributed by atoms with Gasteiger partial charge in [-0.2, -0.15) is 0 Å². The highest BCUT2D eigenvalue weighted by Crippen LogP contribution is 2.44. The average molecular weight is 319 g/mol. The molecule has 3 heterocycles. The monoisotopic (exact) mass is 319 g/mol. The van der Waals surface area contributed by atoms with Gasteiger partial charge >= 0.3 is 0 Å². The summed E-state index contributed by atoms with van der Waals surface area (Å²) in [6.07, 6.45) is 4.13. The van der Waals surface area contributed by atoms with Gasteiger partial charge in [-0.3, -0.25) is 0 Å². The zero-order valence-corrected chi connectivity index (χ0v) is 13.8. The van der Waals surface area contributed by atoms with E-state index in [0.29, 0.717) is 5.76 Å². The van der Waals surface area contributed by atoms with Gasteiger partial charge in [0, 0.05) is 25.9 Å². The SMILES string of the molecule is Cc1ncoc1-c1nnc(SCCCN2C[C@H]3C[C@H]3C2)n1C. The average Bonchev–Trinajstić information content (AvgIpc) is 2.86. The number of oxazole rings is 1. The molecule has 1 saturated heterocycles. The molecule has 1 aliphatic carbocycles. The third kappa shape index (κ3) is 2.67. The smallest absolute Gasteiger partial charge is 0.202 e. The Morgan fingerprint density at radius 3 is 2.86 bits per heavy atom. The van der Waals surface area contributed by atoms with Crippen LogP contribution < -0.4 is 0 Å². The molecule has 2 atom stereocenters. The Morgan fingerprint density at radius 2 is 2.14 bits per heavy atom. The molecular weight excluding hydrogens is 298 g/mol. The van der Waals surface area contributed by atoms with Crippen LogP contribution >= 0.6 is 11.8 Å². The van der Waals surface area contributed by atoms with Gasteiger partial charge in [-0.15, -0.1) is 10.2 Å². The highest BCUT2D eigenvalue weighted by atomic mass is 32.2. The Morgan fingerprint density at radius 1 is 1.32 bits per heavy atom. The van der Waals surface area contributed by atoms with Crippen molar-refractivity contribution in [1.29, 1.82) is 0 Å². The third-order valence-corrected chi connectivity index (χ3v) is 5.79. The van der Waals surface area contributed by atoms with Gasteiger partial charge in [0.1, 0.15) is 0 Å². The molecule has 7 heteroatoms. The number of fused-ring (bicyclic) bond motifs is 1. The van der Waals surface area contributed by atoms with Gasteiger partial charge in [-0.05, 0) is 38.1 Å². The molecule has 22 heavy (non-hydrogen) atoms. The van der Waals surface area contributed by atoms with Crippen molar-refractivity contribution >= 4 is 11.8 Å². The van der Waals surface area contributed by atoms with Crippen LogP contribution in [0.25, 0.3) is 11.6 Å². The molecule has 0 amide bonds. The highest BCUT2D eigenvalue weighted by molar-refractivity contribution is 7.99. The van der Waals surface area contributed by atoms with Crippen molar-refractivity contribution in [2.24, 2.45) is 18.9 Å². The Labute approximate surface area is 134 Å². The van der Waals surface area contributed by atoms with E-state index >= 15 is 0 Å². The van der Waals surface area contributed by atoms with Crippen LogP contribution in [0.1, 0.15) is 18.5 Å². The molecule has 118 valence electrons. The zero-order chi connectivity index (χ0) is 15.1. The molecule has 0 aromatic carbocycles. The highest BCUT2D eigenvalue weighted by Gasteiger charge is 2.44. The summed E-state index contributed by atoms with van der Waals surface area (Å²) >= 11 is 1.77. The second-order valence-electron chi connectivity index (χ2n) is 6.35. The lowest BCUT2D eigenvalue weighted by Gasteiger charge is -2.16. The summed E-state index contributed by atoms with van der Waals surface area (Å²) in [5.41, 5.74) is 0.847. The number of piperidine rings is 1. The van der Waals surface area contributed by atoms with E-state index in [1.54, 1.807) is 11.8 Å². The molecule has 0 spiro atoms. The molecule has 0 N–H and O–H groups in total. The maximum Gasteiger partial charge on any atom is 0.202 e. The second kappa shape index (κ2) is 5.70. The molecular formula is C15H21N5OS. The fraction of sp³-hybridized carbons (Fsp3) is 0.667. The van der Waals surface area contributed by atoms with Crippen molar-refractivity contribution in [3.63, 3.8) is 0 Å². The van der Waals surface area contributed by atoms with E-state index in [-0.39, 0.29) is 0 Å². The Bertz CT molecular complexity index is 657. The van der Waals surface area contributed by atoms with Crippen LogP contribution in [0.5, 0.6) is 0 Å². The van der Waals surface area contributed by atoms with Gasteiger partial charge in [0.2, 0.25) is 5.82 Å². The third-order valence-electron chi connectivity index (χ3n) is 4.69. The molecule has 1 saturated carbocycles. The van der Waals surface area contributed by atoms with E-state index < -0.39 is 0 Å². The minimum atomic E-state index is 0.707. The van der Waals surface area contributed by atoms with Crippen LogP contribution in [-0.4, -0.2) is 50.0 Å². The number of aromatic nitrogens is 4. The van der Waals surface area contributed by atoms with Crippen LogP contribution in [0, 0.1) is 18.8 Å². The predicted octanol–water partition coefficient (Wildman–Crippen LogP) is 2.21. The number of hydrogen-bond acceptors (Lipinski definition) is 6. The van der Waals surface area contributed by atoms with E-state index in [1.165, 1.54) is 38.9 Å². The molecule has 0 radical (unpaired) electrons. The number of hydrogen-bond donors (Lipinski definition) is 0. The second-order valence-corrected chi connectivity index (χ2v) is 7.41. The van der Waals surface area contributed by atoms with Gasteiger partial charge in [-0.25, -0.2) is 4.98 Å². The van der Waals surface area contributed by atoms with E-state index in [0.717, 1.165) is 34.3 Å². The van der Waals surface area contributed by atoms with Crippen LogP contribution in [0.3, 0.4) is 0 Å². The van der Waals surface area contributed by atoms with Crippen LogP contribution in [-0.2, 0) is 7.05 Å². The number of nitrogens with zero attached hydrogens (tertiary/aromatic N) is 5. The van der Waals surface area contributed by atoms with Crippen molar-refractivity contribution < 1.29 is 4.42 Å². The van der Waals surface area contributed by atoms with E-state index in [1.807, 2.05) is 18.5 Å². The van der Waals surface area contributed by atoms with Gasteiger partial charge in [0.25, 0.3) is 0 Å². The molecule has 2 aromatic rings. The van der Waals surface area contributed by atoms with E-state index in [4.69, 9.17) is 4.42 Å². The van der Waals surface area contributed by atoms with Crippen LogP contribution in [0.15, 0.2) is 16.0 Å². The first kappa shape index (κ1) is 14.3. The zero-order valence-electron chi connectivity index (χ0n) is 13.0. The van der Waals surface area contributed by atoms with Crippen molar-refractivity contribution in [3.05, 3.63) is 12.1 Å². The lowest BCUT2D eigenvalue weighted by atomic mass is 10.3. The van der Waals surface area contributed by atoms with Crippen molar-refractivity contribution in [2.75, 3.05) is 25.4 Å². The molecule has 2 aliphatic rings.